The number of amides is 2. The monoisotopic (exact) mass is 469 g/mol. The summed E-state index contributed by atoms with van der Waals surface area (Å²) >= 11 is 1.43. The van der Waals surface area contributed by atoms with Crippen LogP contribution in [0, 0.1) is 5.92 Å². The Bertz CT molecular complexity index is 935. The van der Waals surface area contributed by atoms with Crippen molar-refractivity contribution in [3.8, 4) is 5.75 Å². The van der Waals surface area contributed by atoms with Crippen LogP contribution in [0.4, 0.5) is 0 Å². The molecule has 1 aromatic heterocycles. The van der Waals surface area contributed by atoms with Crippen LogP contribution in [-0.4, -0.2) is 28.9 Å². The number of ether oxygens (including phenoxy) is 1. The Morgan fingerprint density at radius 3 is 2.30 bits per heavy atom. The Kier molecular flexibility index (Phi) is 8.02. The van der Waals surface area contributed by atoms with Crippen molar-refractivity contribution in [1.82, 2.24) is 15.6 Å². The fourth-order valence-electron chi connectivity index (χ4n) is 4.78. The molecule has 2 fully saturated rings. The maximum Gasteiger partial charge on any atom is 0.271 e. The first-order chi connectivity index (χ1) is 16.0. The maximum atomic E-state index is 12.9. The number of benzene rings is 1. The highest BCUT2D eigenvalue weighted by Crippen LogP contribution is 2.26. The van der Waals surface area contributed by atoms with Crippen LogP contribution in [0.2, 0.25) is 0 Å². The number of hydrogen-bond donors (Lipinski definition) is 2. The SMILES string of the molecule is CC(C)c1ccc(OCc2nc(C(=O)NC3CCCCC3NC(=O)C3CCCC3)cs2)cc1. The van der Waals surface area contributed by atoms with Crippen LogP contribution in [0.3, 0.4) is 0 Å². The molecule has 2 aliphatic rings. The van der Waals surface area contributed by atoms with Crippen LogP contribution in [0.5, 0.6) is 5.75 Å². The fourth-order valence-corrected chi connectivity index (χ4v) is 5.47. The summed E-state index contributed by atoms with van der Waals surface area (Å²) in [5.74, 6) is 1.41. The Balaban J connectivity index is 1.29. The minimum Gasteiger partial charge on any atom is -0.486 e. The van der Waals surface area contributed by atoms with Gasteiger partial charge >= 0.3 is 0 Å². The van der Waals surface area contributed by atoms with E-state index >= 15 is 0 Å². The molecule has 0 spiro atoms. The molecule has 2 aromatic rings. The zero-order valence-electron chi connectivity index (χ0n) is 19.6. The van der Waals surface area contributed by atoms with Crippen molar-refractivity contribution in [3.63, 3.8) is 0 Å². The van der Waals surface area contributed by atoms with Crippen molar-refractivity contribution in [2.24, 2.45) is 5.92 Å². The molecule has 1 heterocycles. The van der Waals surface area contributed by atoms with Gasteiger partial charge in [-0.05, 0) is 49.3 Å². The first-order valence-electron chi connectivity index (χ1n) is 12.3. The summed E-state index contributed by atoms with van der Waals surface area (Å²) in [6, 6.07) is 8.06. The highest BCUT2D eigenvalue weighted by Gasteiger charge is 2.31. The number of nitrogens with zero attached hydrogens (tertiary/aromatic N) is 1. The van der Waals surface area contributed by atoms with Gasteiger partial charge in [-0.3, -0.25) is 9.59 Å². The maximum absolute atomic E-state index is 12.9. The molecule has 33 heavy (non-hydrogen) atoms. The lowest BCUT2D eigenvalue weighted by molar-refractivity contribution is -0.125. The second-order valence-corrected chi connectivity index (χ2v) is 10.5. The minimum absolute atomic E-state index is 0.00560. The summed E-state index contributed by atoms with van der Waals surface area (Å²) in [6.45, 7) is 4.66. The molecule has 2 aliphatic carbocycles. The highest BCUT2D eigenvalue weighted by atomic mass is 32.1. The van der Waals surface area contributed by atoms with Crippen LogP contribution in [0.25, 0.3) is 0 Å². The van der Waals surface area contributed by atoms with Crippen molar-refractivity contribution in [2.45, 2.75) is 89.8 Å². The third kappa shape index (κ3) is 6.34. The summed E-state index contributed by atoms with van der Waals surface area (Å²) in [5, 5.41) is 8.91. The zero-order valence-corrected chi connectivity index (χ0v) is 20.5. The van der Waals surface area contributed by atoms with E-state index in [0.717, 1.165) is 62.1 Å². The van der Waals surface area contributed by atoms with E-state index in [1.165, 1.54) is 16.9 Å². The number of rotatable bonds is 8. The van der Waals surface area contributed by atoms with Gasteiger partial charge in [-0.15, -0.1) is 11.3 Å². The normalized spacial score (nSPS) is 21.2. The Morgan fingerprint density at radius 2 is 1.64 bits per heavy atom. The van der Waals surface area contributed by atoms with E-state index in [9.17, 15) is 9.59 Å². The summed E-state index contributed by atoms with van der Waals surface area (Å²) in [7, 11) is 0. The number of nitrogens with one attached hydrogen (secondary N) is 2. The van der Waals surface area contributed by atoms with E-state index in [1.807, 2.05) is 12.1 Å². The van der Waals surface area contributed by atoms with Gasteiger partial charge in [0.05, 0.1) is 0 Å². The lowest BCUT2D eigenvalue weighted by atomic mass is 9.89. The van der Waals surface area contributed by atoms with Gasteiger partial charge in [-0.1, -0.05) is 51.7 Å². The summed E-state index contributed by atoms with van der Waals surface area (Å²) < 4.78 is 5.85. The largest absolute Gasteiger partial charge is 0.486 e. The van der Waals surface area contributed by atoms with E-state index in [0.29, 0.717) is 18.2 Å². The molecule has 7 heteroatoms. The van der Waals surface area contributed by atoms with E-state index in [4.69, 9.17) is 4.74 Å². The molecule has 2 unspecified atom stereocenters. The van der Waals surface area contributed by atoms with Gasteiger partial charge in [0.15, 0.2) is 0 Å². The van der Waals surface area contributed by atoms with Crippen LogP contribution < -0.4 is 15.4 Å². The predicted octanol–water partition coefficient (Wildman–Crippen LogP) is 5.19. The number of aromatic nitrogens is 1. The Labute approximate surface area is 200 Å². The third-order valence-electron chi connectivity index (χ3n) is 6.83. The lowest BCUT2D eigenvalue weighted by Crippen LogP contribution is -2.54. The van der Waals surface area contributed by atoms with Crippen LogP contribution >= 0.6 is 11.3 Å². The van der Waals surface area contributed by atoms with E-state index in [1.54, 1.807) is 5.38 Å². The van der Waals surface area contributed by atoms with Gasteiger partial charge in [0.1, 0.15) is 23.1 Å². The smallest absolute Gasteiger partial charge is 0.271 e. The van der Waals surface area contributed by atoms with Gasteiger partial charge in [0.25, 0.3) is 5.91 Å². The molecule has 0 radical (unpaired) electrons. The van der Waals surface area contributed by atoms with Gasteiger partial charge in [-0.25, -0.2) is 4.98 Å². The summed E-state index contributed by atoms with van der Waals surface area (Å²) in [6.07, 6.45) is 8.19. The van der Waals surface area contributed by atoms with Crippen molar-refractivity contribution in [1.29, 1.82) is 0 Å². The van der Waals surface area contributed by atoms with Crippen LogP contribution in [0.1, 0.15) is 92.2 Å². The zero-order chi connectivity index (χ0) is 23.2. The minimum atomic E-state index is -0.175. The summed E-state index contributed by atoms with van der Waals surface area (Å²) in [4.78, 5) is 30.0. The molecule has 6 nitrogen and oxygen atoms in total. The Morgan fingerprint density at radius 1 is 1.00 bits per heavy atom. The quantitative estimate of drug-likeness (QED) is 0.557. The van der Waals surface area contributed by atoms with Gasteiger partial charge in [0, 0.05) is 23.4 Å². The topological polar surface area (TPSA) is 80.3 Å². The number of carbonyl (C=O) groups excluding carboxylic acids is 2. The molecule has 178 valence electrons. The molecule has 4 rings (SSSR count). The molecule has 0 aliphatic heterocycles. The molecule has 0 saturated heterocycles. The van der Waals surface area contributed by atoms with Crippen LogP contribution in [0.15, 0.2) is 29.6 Å². The van der Waals surface area contributed by atoms with Gasteiger partial charge in [-0.2, -0.15) is 0 Å². The average molecular weight is 470 g/mol. The molecular weight excluding hydrogens is 434 g/mol. The van der Waals surface area contributed by atoms with Crippen molar-refractivity contribution in [2.75, 3.05) is 0 Å². The second-order valence-electron chi connectivity index (χ2n) is 9.60. The molecule has 0 bridgehead atoms. The molecule has 2 amide bonds. The lowest BCUT2D eigenvalue weighted by Gasteiger charge is -2.33. The van der Waals surface area contributed by atoms with E-state index in [2.05, 4.69) is 41.6 Å². The highest BCUT2D eigenvalue weighted by molar-refractivity contribution is 7.09. The molecule has 2 saturated carbocycles. The van der Waals surface area contributed by atoms with Crippen LogP contribution in [-0.2, 0) is 11.4 Å². The predicted molar refractivity (Wildman–Crippen MR) is 131 cm³/mol. The van der Waals surface area contributed by atoms with Gasteiger partial charge < -0.3 is 15.4 Å². The number of carbonyl (C=O) groups is 2. The van der Waals surface area contributed by atoms with Crippen molar-refractivity contribution >= 4 is 23.2 Å². The van der Waals surface area contributed by atoms with E-state index < -0.39 is 0 Å². The molecule has 2 N–H and O–H groups in total. The molecule has 1 aromatic carbocycles. The third-order valence-corrected chi connectivity index (χ3v) is 7.65. The summed E-state index contributed by atoms with van der Waals surface area (Å²) in [5.41, 5.74) is 1.69. The average Bonchev–Trinajstić information content (AvgIpc) is 3.52. The van der Waals surface area contributed by atoms with Crippen molar-refractivity contribution in [3.05, 3.63) is 45.9 Å². The first-order valence-corrected chi connectivity index (χ1v) is 13.2. The fraction of sp³-hybridized carbons (Fsp3) is 0.577. The van der Waals surface area contributed by atoms with E-state index in [-0.39, 0.29) is 29.8 Å². The standard InChI is InChI=1S/C26H35N3O3S/c1-17(2)18-11-13-20(14-12-18)32-15-24-27-23(16-33-24)26(31)29-22-10-6-5-9-21(22)28-25(30)19-7-3-4-8-19/h11-14,16-17,19,21-22H,3-10,15H2,1-2H3,(H,28,30)(H,29,31). The first kappa shape index (κ1) is 23.7. The van der Waals surface area contributed by atoms with Crippen molar-refractivity contribution < 1.29 is 14.3 Å². The molecule has 2 atom stereocenters. The molecular formula is C26H35N3O3S. The number of thiazole rings is 1. The Hall–Kier alpha value is -2.41. The number of hydrogen-bond acceptors (Lipinski definition) is 5. The van der Waals surface area contributed by atoms with Gasteiger partial charge in [0.2, 0.25) is 5.91 Å². The second kappa shape index (κ2) is 11.1.